The van der Waals surface area contributed by atoms with Crippen LogP contribution in [0.5, 0.6) is 11.6 Å². The number of nitrogens with zero attached hydrogens (tertiary/aromatic N) is 4. The Balaban J connectivity index is 1.41. The Kier molecular flexibility index (Phi) is 8.70. The molecular weight excluding hydrogens is 538 g/mol. The van der Waals surface area contributed by atoms with Gasteiger partial charge in [0, 0.05) is 24.0 Å². The van der Waals surface area contributed by atoms with E-state index < -0.39 is 34.7 Å². The van der Waals surface area contributed by atoms with Gasteiger partial charge in [-0.05, 0) is 62.8 Å². The summed E-state index contributed by atoms with van der Waals surface area (Å²) in [5, 5.41) is 3.38. The lowest BCUT2D eigenvalue weighted by molar-refractivity contribution is 0.263. The van der Waals surface area contributed by atoms with Gasteiger partial charge in [-0.2, -0.15) is 4.39 Å². The lowest BCUT2D eigenvalue weighted by Crippen LogP contribution is -2.37. The molecule has 5 rings (SSSR count). The van der Waals surface area contributed by atoms with Gasteiger partial charge < -0.3 is 15.0 Å². The lowest BCUT2D eigenvalue weighted by Gasteiger charge is -2.29. The number of pyridine rings is 1. The topological polar surface area (TPSA) is 112 Å². The van der Waals surface area contributed by atoms with Gasteiger partial charge >= 0.3 is 0 Å². The molecule has 2 aromatic heterocycles. The van der Waals surface area contributed by atoms with Gasteiger partial charge in [-0.3, -0.25) is 4.55 Å². The Morgan fingerprint density at radius 1 is 1.00 bits per heavy atom. The number of piperidine rings is 1. The first kappa shape index (κ1) is 27.7. The van der Waals surface area contributed by atoms with Crippen molar-refractivity contribution in [3.05, 3.63) is 95.8 Å². The van der Waals surface area contributed by atoms with Crippen molar-refractivity contribution in [2.45, 2.75) is 24.9 Å². The van der Waals surface area contributed by atoms with Crippen LogP contribution in [0.2, 0.25) is 0 Å². The van der Waals surface area contributed by atoms with Crippen LogP contribution in [0.1, 0.15) is 30.0 Å². The SMILES string of the molecule is CN1CCC(Nc2nccc(-c3cccnc3Oc3ccc(C(NS(=O)O)c4ccccc4)c(F)c3F)n2)CC1. The van der Waals surface area contributed by atoms with E-state index in [0.717, 1.165) is 25.9 Å². The Hall–Kier alpha value is -3.84. The predicted molar refractivity (Wildman–Crippen MR) is 148 cm³/mol. The van der Waals surface area contributed by atoms with Gasteiger partial charge in [0.05, 0.1) is 17.3 Å². The second-order valence-electron chi connectivity index (χ2n) is 9.44. The highest BCUT2D eigenvalue weighted by Crippen LogP contribution is 2.35. The summed E-state index contributed by atoms with van der Waals surface area (Å²) in [6.45, 7) is 1.97. The number of benzene rings is 2. The number of nitrogens with one attached hydrogen (secondary N) is 2. The van der Waals surface area contributed by atoms with Crippen molar-refractivity contribution >= 4 is 17.2 Å². The van der Waals surface area contributed by atoms with E-state index in [1.807, 2.05) is 0 Å². The van der Waals surface area contributed by atoms with E-state index in [4.69, 9.17) is 4.74 Å². The van der Waals surface area contributed by atoms with Crippen molar-refractivity contribution in [2.75, 3.05) is 25.5 Å². The minimum Gasteiger partial charge on any atom is -0.435 e. The molecule has 40 heavy (non-hydrogen) atoms. The second kappa shape index (κ2) is 12.6. The molecule has 2 aromatic carbocycles. The van der Waals surface area contributed by atoms with Gasteiger partial charge in [0.25, 0.3) is 0 Å². The first-order chi connectivity index (χ1) is 19.4. The molecule has 208 valence electrons. The fourth-order valence-electron chi connectivity index (χ4n) is 4.59. The van der Waals surface area contributed by atoms with Crippen molar-refractivity contribution in [1.82, 2.24) is 24.6 Å². The summed E-state index contributed by atoms with van der Waals surface area (Å²) in [6, 6.07) is 15.3. The molecule has 3 N–H and O–H groups in total. The smallest absolute Gasteiger partial charge is 0.232 e. The van der Waals surface area contributed by atoms with Crippen LogP contribution in [0.15, 0.2) is 73.1 Å². The maximum Gasteiger partial charge on any atom is 0.232 e. The number of likely N-dealkylation sites (tertiary alicyclic amines) is 1. The van der Waals surface area contributed by atoms with Crippen molar-refractivity contribution in [3.63, 3.8) is 0 Å². The van der Waals surface area contributed by atoms with Crippen molar-refractivity contribution < 1.29 is 22.3 Å². The van der Waals surface area contributed by atoms with Crippen LogP contribution >= 0.6 is 0 Å². The molecule has 1 fully saturated rings. The molecule has 12 heteroatoms. The summed E-state index contributed by atoms with van der Waals surface area (Å²) >= 11 is -2.48. The van der Waals surface area contributed by atoms with E-state index in [1.54, 1.807) is 54.7 Å². The van der Waals surface area contributed by atoms with Gasteiger partial charge in [-0.25, -0.2) is 28.3 Å². The van der Waals surface area contributed by atoms with Crippen LogP contribution < -0.4 is 14.8 Å². The summed E-state index contributed by atoms with van der Waals surface area (Å²) in [6.07, 6.45) is 5.04. The number of hydrogen-bond acceptors (Lipinski definition) is 7. The molecule has 1 aliphatic rings. The first-order valence-corrected chi connectivity index (χ1v) is 13.8. The number of anilines is 1. The van der Waals surface area contributed by atoms with E-state index in [2.05, 4.69) is 36.9 Å². The Bertz CT molecular complexity index is 1490. The monoisotopic (exact) mass is 566 g/mol. The molecule has 1 aliphatic heterocycles. The normalized spacial score (nSPS) is 15.9. The molecule has 0 aliphatic carbocycles. The zero-order valence-electron chi connectivity index (χ0n) is 21.6. The molecule has 0 amide bonds. The summed E-state index contributed by atoms with van der Waals surface area (Å²) in [7, 11) is 2.09. The quantitative estimate of drug-likeness (QED) is 0.245. The average molecular weight is 567 g/mol. The minimum atomic E-state index is -2.48. The highest BCUT2D eigenvalue weighted by Gasteiger charge is 2.25. The summed E-state index contributed by atoms with van der Waals surface area (Å²) in [5.74, 6) is -2.37. The molecule has 0 radical (unpaired) electrons. The van der Waals surface area contributed by atoms with Gasteiger partial charge in [-0.1, -0.05) is 36.4 Å². The molecule has 0 bridgehead atoms. The van der Waals surface area contributed by atoms with Crippen LogP contribution in [0.25, 0.3) is 11.3 Å². The van der Waals surface area contributed by atoms with E-state index in [0.29, 0.717) is 22.8 Å². The maximum absolute atomic E-state index is 15.3. The molecule has 9 nitrogen and oxygen atoms in total. The number of halogens is 2. The lowest BCUT2D eigenvalue weighted by atomic mass is 9.99. The van der Waals surface area contributed by atoms with E-state index in [-0.39, 0.29) is 17.5 Å². The standard InChI is InChI=1S/C28H28F2N6O3S/c1-36-16-12-19(13-17-36)33-28-32-15-11-22(34-28)20-8-5-14-31-27(20)39-23-10-9-21(24(29)25(23)30)26(35-40(37)38)18-6-3-2-4-7-18/h2-11,14-15,19,26,35H,12-13,16-17H2,1H3,(H,37,38)(H,32,33,34). The van der Waals surface area contributed by atoms with E-state index >= 15 is 8.78 Å². The molecule has 0 spiro atoms. The number of hydrogen-bond donors (Lipinski definition) is 3. The van der Waals surface area contributed by atoms with Gasteiger partial charge in [0.2, 0.25) is 28.9 Å². The summed E-state index contributed by atoms with van der Waals surface area (Å²) < 4.78 is 59.7. The van der Waals surface area contributed by atoms with Crippen LogP contribution in [0.4, 0.5) is 14.7 Å². The zero-order chi connectivity index (χ0) is 28.1. The van der Waals surface area contributed by atoms with Gasteiger partial charge in [-0.15, -0.1) is 0 Å². The van der Waals surface area contributed by atoms with Crippen LogP contribution in [0, 0.1) is 11.6 Å². The van der Waals surface area contributed by atoms with Crippen LogP contribution in [-0.2, 0) is 11.3 Å². The van der Waals surface area contributed by atoms with Crippen LogP contribution in [-0.4, -0.2) is 54.8 Å². The fraction of sp³-hybridized carbons (Fsp3) is 0.250. The van der Waals surface area contributed by atoms with E-state index in [9.17, 15) is 8.76 Å². The minimum absolute atomic E-state index is 0.0340. The molecular formula is C28H28F2N6O3S. The molecule has 2 unspecified atom stereocenters. The molecule has 1 saturated heterocycles. The Morgan fingerprint density at radius 3 is 2.52 bits per heavy atom. The summed E-state index contributed by atoms with van der Waals surface area (Å²) in [5.41, 5.74) is 1.31. The third-order valence-corrected chi connectivity index (χ3v) is 7.14. The zero-order valence-corrected chi connectivity index (χ0v) is 22.4. The van der Waals surface area contributed by atoms with Crippen molar-refractivity contribution in [3.8, 4) is 22.9 Å². The summed E-state index contributed by atoms with van der Waals surface area (Å²) in [4.78, 5) is 15.5. The Morgan fingerprint density at radius 2 is 1.77 bits per heavy atom. The van der Waals surface area contributed by atoms with Crippen LogP contribution in [0.3, 0.4) is 0 Å². The predicted octanol–water partition coefficient (Wildman–Crippen LogP) is 4.93. The molecule has 4 aromatic rings. The number of aromatic nitrogens is 3. The third kappa shape index (κ3) is 6.48. The molecule has 0 saturated carbocycles. The fourth-order valence-corrected chi connectivity index (χ4v) is 5.06. The highest BCUT2D eigenvalue weighted by atomic mass is 32.2. The largest absolute Gasteiger partial charge is 0.435 e. The van der Waals surface area contributed by atoms with Crippen molar-refractivity contribution in [1.29, 1.82) is 0 Å². The maximum atomic E-state index is 15.3. The molecule has 3 heterocycles. The van der Waals surface area contributed by atoms with Crippen molar-refractivity contribution in [2.24, 2.45) is 0 Å². The highest BCUT2D eigenvalue weighted by molar-refractivity contribution is 7.77. The van der Waals surface area contributed by atoms with Gasteiger partial charge in [0.15, 0.2) is 11.6 Å². The van der Waals surface area contributed by atoms with Gasteiger partial charge in [0.1, 0.15) is 0 Å². The average Bonchev–Trinajstić information content (AvgIpc) is 2.97. The third-order valence-electron chi connectivity index (χ3n) is 6.70. The Labute approximate surface area is 233 Å². The van der Waals surface area contributed by atoms with E-state index in [1.165, 1.54) is 18.3 Å². The first-order valence-electron chi connectivity index (χ1n) is 12.7. The number of ether oxygens (including phenoxy) is 1. The second-order valence-corrected chi connectivity index (χ2v) is 10.2. The number of rotatable bonds is 9. The molecule has 2 atom stereocenters.